The zero-order chi connectivity index (χ0) is 12.5. The van der Waals surface area contributed by atoms with Crippen molar-refractivity contribution in [3.05, 3.63) is 39.7 Å². The molecule has 0 atom stereocenters. The van der Waals surface area contributed by atoms with E-state index in [1.165, 1.54) is 22.7 Å². The first-order chi connectivity index (χ1) is 8.74. The SMILES string of the molecule is Oc1c(/C=N/c2ncc(Cl)s2)sc2ccccc12. The Hall–Kier alpha value is -1.43. The molecule has 1 N–H and O–H groups in total. The number of thiophene rings is 1. The van der Waals surface area contributed by atoms with E-state index >= 15 is 0 Å². The van der Waals surface area contributed by atoms with Gasteiger partial charge in [-0.1, -0.05) is 35.1 Å². The standard InChI is InChI=1S/C12H7ClN2OS2/c13-10-6-15-12(18-10)14-5-9-11(16)7-3-1-2-4-8(7)17-9/h1-6,16H/b14-5+. The number of halogens is 1. The maximum atomic E-state index is 10.0. The van der Waals surface area contributed by atoms with Crippen LogP contribution in [-0.4, -0.2) is 16.3 Å². The second-order valence-electron chi connectivity index (χ2n) is 3.52. The number of aromatic hydroxyl groups is 1. The summed E-state index contributed by atoms with van der Waals surface area (Å²) in [5.41, 5.74) is 0. The summed E-state index contributed by atoms with van der Waals surface area (Å²) in [7, 11) is 0. The fourth-order valence-corrected chi connectivity index (χ4v) is 3.27. The lowest BCUT2D eigenvalue weighted by atomic mass is 10.2. The lowest BCUT2D eigenvalue weighted by Crippen LogP contribution is -1.73. The first kappa shape index (κ1) is 11.6. The predicted octanol–water partition coefficient (Wildman–Crippen LogP) is 4.47. The molecule has 18 heavy (non-hydrogen) atoms. The van der Waals surface area contributed by atoms with E-state index < -0.39 is 0 Å². The minimum absolute atomic E-state index is 0.266. The van der Waals surface area contributed by atoms with E-state index in [4.69, 9.17) is 11.6 Å². The molecule has 0 aliphatic heterocycles. The fraction of sp³-hybridized carbons (Fsp3) is 0. The van der Waals surface area contributed by atoms with Crippen LogP contribution in [0.2, 0.25) is 4.34 Å². The average Bonchev–Trinajstić information content (AvgIpc) is 2.92. The summed E-state index contributed by atoms with van der Waals surface area (Å²) in [6.07, 6.45) is 3.18. The van der Waals surface area contributed by atoms with E-state index in [9.17, 15) is 5.11 Å². The molecule has 3 nitrogen and oxygen atoms in total. The van der Waals surface area contributed by atoms with E-state index in [2.05, 4.69) is 9.98 Å². The normalized spacial score (nSPS) is 11.6. The van der Waals surface area contributed by atoms with Crippen LogP contribution in [0.1, 0.15) is 4.88 Å². The molecule has 0 unspecified atom stereocenters. The highest BCUT2D eigenvalue weighted by Gasteiger charge is 2.08. The van der Waals surface area contributed by atoms with Crippen molar-refractivity contribution in [2.45, 2.75) is 0 Å². The summed E-state index contributed by atoms with van der Waals surface area (Å²) >= 11 is 8.57. The molecule has 1 aromatic carbocycles. The molecular weight excluding hydrogens is 288 g/mol. The Bertz CT molecular complexity index is 733. The number of hydrogen-bond acceptors (Lipinski definition) is 5. The first-order valence-electron chi connectivity index (χ1n) is 5.10. The zero-order valence-corrected chi connectivity index (χ0v) is 11.4. The van der Waals surface area contributed by atoms with Crippen molar-refractivity contribution in [3.63, 3.8) is 0 Å². The molecule has 0 amide bonds. The van der Waals surface area contributed by atoms with E-state index in [-0.39, 0.29) is 5.75 Å². The number of hydrogen-bond donors (Lipinski definition) is 1. The van der Waals surface area contributed by atoms with Gasteiger partial charge in [-0.3, -0.25) is 0 Å². The number of rotatable bonds is 2. The van der Waals surface area contributed by atoms with Gasteiger partial charge in [-0.2, -0.15) is 0 Å². The Morgan fingerprint density at radius 2 is 2.11 bits per heavy atom. The number of aromatic nitrogens is 1. The molecule has 0 saturated heterocycles. The van der Waals surface area contributed by atoms with Gasteiger partial charge < -0.3 is 5.11 Å². The maximum absolute atomic E-state index is 10.0. The van der Waals surface area contributed by atoms with E-state index in [0.29, 0.717) is 9.47 Å². The zero-order valence-electron chi connectivity index (χ0n) is 9.00. The molecule has 3 rings (SSSR count). The topological polar surface area (TPSA) is 45.5 Å². The largest absolute Gasteiger partial charge is 0.506 e. The maximum Gasteiger partial charge on any atom is 0.210 e. The van der Waals surface area contributed by atoms with Crippen molar-refractivity contribution >= 4 is 55.7 Å². The summed E-state index contributed by atoms with van der Waals surface area (Å²) in [6.45, 7) is 0. The highest BCUT2D eigenvalue weighted by Crippen LogP contribution is 2.36. The van der Waals surface area contributed by atoms with Crippen LogP contribution in [0.5, 0.6) is 5.75 Å². The Labute approximate surface area is 116 Å². The summed E-state index contributed by atoms with van der Waals surface area (Å²) < 4.78 is 1.64. The van der Waals surface area contributed by atoms with Gasteiger partial charge in [0, 0.05) is 10.1 Å². The Morgan fingerprint density at radius 1 is 1.28 bits per heavy atom. The lowest BCUT2D eigenvalue weighted by molar-refractivity contribution is 0.483. The molecule has 2 aromatic heterocycles. The third-order valence-electron chi connectivity index (χ3n) is 2.35. The van der Waals surface area contributed by atoms with Gasteiger partial charge >= 0.3 is 0 Å². The van der Waals surface area contributed by atoms with Crippen molar-refractivity contribution in [2.75, 3.05) is 0 Å². The second kappa shape index (κ2) is 4.68. The van der Waals surface area contributed by atoms with Gasteiger partial charge in [0.1, 0.15) is 10.1 Å². The lowest BCUT2D eigenvalue weighted by Gasteiger charge is -1.89. The molecule has 0 saturated carbocycles. The minimum Gasteiger partial charge on any atom is -0.506 e. The number of thiazole rings is 1. The summed E-state index contributed by atoms with van der Waals surface area (Å²) in [5.74, 6) is 0.266. The molecule has 0 aliphatic carbocycles. The molecule has 0 spiro atoms. The number of benzene rings is 1. The van der Waals surface area contributed by atoms with Crippen LogP contribution in [0.3, 0.4) is 0 Å². The van der Waals surface area contributed by atoms with E-state index in [1.54, 1.807) is 12.4 Å². The van der Waals surface area contributed by atoms with Gasteiger partial charge in [-0.25, -0.2) is 9.98 Å². The van der Waals surface area contributed by atoms with Gasteiger partial charge in [0.15, 0.2) is 0 Å². The van der Waals surface area contributed by atoms with Gasteiger partial charge in [0.25, 0.3) is 0 Å². The molecule has 0 aliphatic rings. The summed E-state index contributed by atoms with van der Waals surface area (Å²) in [4.78, 5) is 8.95. The first-order valence-corrected chi connectivity index (χ1v) is 7.11. The van der Waals surface area contributed by atoms with Gasteiger partial charge in [-0.15, -0.1) is 11.3 Å². The van der Waals surface area contributed by atoms with Crippen molar-refractivity contribution < 1.29 is 5.11 Å². The predicted molar refractivity (Wildman–Crippen MR) is 77.9 cm³/mol. The van der Waals surface area contributed by atoms with Crippen LogP contribution in [0.25, 0.3) is 10.1 Å². The second-order valence-corrected chi connectivity index (χ2v) is 6.24. The fourth-order valence-electron chi connectivity index (χ4n) is 1.56. The third kappa shape index (κ3) is 2.12. The number of aliphatic imine (C=N–C) groups is 1. The summed E-state index contributed by atoms with van der Waals surface area (Å²) in [6, 6.07) is 7.70. The van der Waals surface area contributed by atoms with Crippen LogP contribution in [0, 0.1) is 0 Å². The number of fused-ring (bicyclic) bond motifs is 1. The summed E-state index contributed by atoms with van der Waals surface area (Å²) in [5, 5.41) is 11.5. The monoisotopic (exact) mass is 294 g/mol. The molecule has 0 radical (unpaired) electrons. The Balaban J connectivity index is 2.00. The van der Waals surface area contributed by atoms with Crippen LogP contribution in [-0.2, 0) is 0 Å². The highest BCUT2D eigenvalue weighted by molar-refractivity contribution is 7.21. The molecule has 3 aromatic rings. The molecule has 90 valence electrons. The van der Waals surface area contributed by atoms with Crippen LogP contribution in [0.4, 0.5) is 5.13 Å². The molecule has 2 heterocycles. The van der Waals surface area contributed by atoms with Crippen molar-refractivity contribution in [2.24, 2.45) is 4.99 Å². The smallest absolute Gasteiger partial charge is 0.210 e. The molecular formula is C12H7ClN2OS2. The molecule has 6 heteroatoms. The van der Waals surface area contributed by atoms with Crippen molar-refractivity contribution in [1.82, 2.24) is 4.98 Å². The van der Waals surface area contributed by atoms with E-state index in [1.807, 2.05) is 24.3 Å². The van der Waals surface area contributed by atoms with Gasteiger partial charge in [-0.05, 0) is 12.1 Å². The van der Waals surface area contributed by atoms with Crippen LogP contribution >= 0.6 is 34.3 Å². The highest BCUT2D eigenvalue weighted by atomic mass is 35.5. The van der Waals surface area contributed by atoms with Crippen molar-refractivity contribution in [3.8, 4) is 5.75 Å². The molecule has 0 fully saturated rings. The molecule has 0 bridgehead atoms. The van der Waals surface area contributed by atoms with Crippen LogP contribution in [0.15, 0.2) is 35.5 Å². The van der Waals surface area contributed by atoms with Gasteiger partial charge in [0.2, 0.25) is 5.13 Å². The van der Waals surface area contributed by atoms with Crippen LogP contribution < -0.4 is 0 Å². The average molecular weight is 295 g/mol. The minimum atomic E-state index is 0.266. The number of nitrogens with zero attached hydrogens (tertiary/aromatic N) is 2. The van der Waals surface area contributed by atoms with Crippen molar-refractivity contribution in [1.29, 1.82) is 0 Å². The Morgan fingerprint density at radius 3 is 2.83 bits per heavy atom. The Kier molecular flexibility index (Phi) is 3.03. The quantitative estimate of drug-likeness (QED) is 0.709. The third-order valence-corrected chi connectivity index (χ3v) is 4.47. The van der Waals surface area contributed by atoms with E-state index in [0.717, 1.165) is 15.0 Å². The van der Waals surface area contributed by atoms with Gasteiger partial charge in [0.05, 0.1) is 17.3 Å².